The molecule has 0 bridgehead atoms. The SMILES string of the molecule is Cc1ccccc1.S.c1ccc(-c2ccc3c(c2)c2ccc(-c4ccc5oc6ccc(-c7cccc(-c8ccc9c(c8)-c8ccccc8C9)c7)cc6c5c4)cc2n3-c2ccccc2)cc1. The predicted octanol–water partition coefficient (Wildman–Crippen LogP) is 17.0. The second-order valence-electron chi connectivity index (χ2n) is 17.0. The highest BCUT2D eigenvalue weighted by Crippen LogP contribution is 2.41. The van der Waals surface area contributed by atoms with Crippen LogP contribution in [-0.2, 0) is 6.42 Å². The molecule has 65 heavy (non-hydrogen) atoms. The van der Waals surface area contributed by atoms with Crippen LogP contribution in [0.2, 0.25) is 0 Å². The lowest BCUT2D eigenvalue weighted by Crippen LogP contribution is -1.93. The third kappa shape index (κ3) is 7.30. The first-order valence-corrected chi connectivity index (χ1v) is 22.1. The molecule has 0 aliphatic heterocycles. The van der Waals surface area contributed by atoms with Gasteiger partial charge in [-0.2, -0.15) is 13.5 Å². The lowest BCUT2D eigenvalue weighted by atomic mass is 9.95. The average Bonchev–Trinajstić information content (AvgIpc) is 4.03. The highest BCUT2D eigenvalue weighted by atomic mass is 32.1. The zero-order chi connectivity index (χ0) is 42.6. The highest BCUT2D eigenvalue weighted by molar-refractivity contribution is 7.59. The molecular formula is C62H45NOS. The average molecular weight is 852 g/mol. The molecule has 3 heteroatoms. The zero-order valence-electron chi connectivity index (χ0n) is 36.0. The molecule has 0 N–H and O–H groups in total. The largest absolute Gasteiger partial charge is 0.456 e. The van der Waals surface area contributed by atoms with Crippen molar-refractivity contribution in [1.82, 2.24) is 4.57 Å². The number of aromatic nitrogens is 1. The van der Waals surface area contributed by atoms with Crippen LogP contribution in [0.1, 0.15) is 16.7 Å². The van der Waals surface area contributed by atoms with E-state index in [-0.39, 0.29) is 13.5 Å². The van der Waals surface area contributed by atoms with E-state index in [1.807, 2.05) is 18.2 Å². The normalized spacial score (nSPS) is 11.6. The fraction of sp³-hybridized carbons (Fsp3) is 0.0323. The summed E-state index contributed by atoms with van der Waals surface area (Å²) in [5.41, 5.74) is 21.8. The van der Waals surface area contributed by atoms with E-state index in [1.165, 1.54) is 88.6 Å². The van der Waals surface area contributed by atoms with Gasteiger partial charge in [-0.1, -0.05) is 169 Å². The summed E-state index contributed by atoms with van der Waals surface area (Å²) in [6.07, 6.45) is 1.01. The minimum Gasteiger partial charge on any atom is -0.456 e. The van der Waals surface area contributed by atoms with Crippen molar-refractivity contribution in [3.05, 3.63) is 247 Å². The topological polar surface area (TPSA) is 18.1 Å². The number of benzene rings is 10. The number of fused-ring (bicyclic) bond motifs is 9. The monoisotopic (exact) mass is 851 g/mol. The van der Waals surface area contributed by atoms with Crippen molar-refractivity contribution in [2.75, 3.05) is 0 Å². The maximum absolute atomic E-state index is 6.43. The van der Waals surface area contributed by atoms with Crippen molar-refractivity contribution in [3.8, 4) is 61.3 Å². The van der Waals surface area contributed by atoms with Crippen molar-refractivity contribution in [2.24, 2.45) is 0 Å². The molecule has 310 valence electrons. The first-order chi connectivity index (χ1) is 31.6. The molecule has 2 nitrogen and oxygen atoms in total. The van der Waals surface area contributed by atoms with E-state index in [4.69, 9.17) is 4.42 Å². The Hall–Kier alpha value is -7.85. The molecule has 0 saturated heterocycles. The lowest BCUT2D eigenvalue weighted by Gasteiger charge is -2.09. The summed E-state index contributed by atoms with van der Waals surface area (Å²) in [6, 6.07) is 83.2. The summed E-state index contributed by atoms with van der Waals surface area (Å²) >= 11 is 0. The molecule has 0 radical (unpaired) electrons. The summed E-state index contributed by atoms with van der Waals surface area (Å²) < 4.78 is 8.83. The van der Waals surface area contributed by atoms with Gasteiger partial charge in [0.2, 0.25) is 0 Å². The van der Waals surface area contributed by atoms with Crippen LogP contribution in [0.3, 0.4) is 0 Å². The molecule has 0 saturated carbocycles. The summed E-state index contributed by atoms with van der Waals surface area (Å²) in [5.74, 6) is 0. The Morgan fingerprint density at radius 1 is 0.338 bits per heavy atom. The van der Waals surface area contributed by atoms with Crippen molar-refractivity contribution < 1.29 is 4.42 Å². The van der Waals surface area contributed by atoms with Gasteiger partial charge in [-0.15, -0.1) is 0 Å². The second kappa shape index (κ2) is 16.7. The van der Waals surface area contributed by atoms with Crippen molar-refractivity contribution in [2.45, 2.75) is 13.3 Å². The van der Waals surface area contributed by atoms with Gasteiger partial charge in [-0.3, -0.25) is 0 Å². The van der Waals surface area contributed by atoms with E-state index in [0.717, 1.165) is 39.6 Å². The molecule has 10 aromatic carbocycles. The van der Waals surface area contributed by atoms with Crippen molar-refractivity contribution in [1.29, 1.82) is 0 Å². The molecule has 2 aromatic heterocycles. The van der Waals surface area contributed by atoms with Crippen LogP contribution in [0.25, 0.3) is 105 Å². The molecule has 0 fully saturated rings. The third-order valence-electron chi connectivity index (χ3n) is 13.0. The minimum atomic E-state index is 0. The maximum Gasteiger partial charge on any atom is 0.135 e. The van der Waals surface area contributed by atoms with Crippen LogP contribution in [0, 0.1) is 6.92 Å². The summed E-state index contributed by atoms with van der Waals surface area (Å²) in [5, 5.41) is 4.73. The van der Waals surface area contributed by atoms with E-state index < -0.39 is 0 Å². The van der Waals surface area contributed by atoms with Crippen molar-refractivity contribution in [3.63, 3.8) is 0 Å². The zero-order valence-corrected chi connectivity index (χ0v) is 37.0. The number of hydrogen-bond acceptors (Lipinski definition) is 1. The summed E-state index contributed by atoms with van der Waals surface area (Å²) in [7, 11) is 0. The van der Waals surface area contributed by atoms with Gasteiger partial charge in [-0.25, -0.2) is 0 Å². The predicted molar refractivity (Wildman–Crippen MR) is 280 cm³/mol. The number of nitrogens with zero attached hydrogens (tertiary/aromatic N) is 1. The molecule has 0 spiro atoms. The van der Waals surface area contributed by atoms with E-state index >= 15 is 0 Å². The van der Waals surface area contributed by atoms with Gasteiger partial charge in [0.1, 0.15) is 11.2 Å². The Morgan fingerprint density at radius 2 is 0.846 bits per heavy atom. The van der Waals surface area contributed by atoms with E-state index in [2.05, 4.69) is 224 Å². The quantitative estimate of drug-likeness (QED) is 0.169. The summed E-state index contributed by atoms with van der Waals surface area (Å²) in [6.45, 7) is 2.08. The number of furan rings is 1. The molecule has 12 aromatic rings. The van der Waals surface area contributed by atoms with Gasteiger partial charge >= 0.3 is 0 Å². The van der Waals surface area contributed by atoms with Crippen molar-refractivity contribution >= 4 is 57.2 Å². The molecule has 0 atom stereocenters. The molecule has 0 unspecified atom stereocenters. The van der Waals surface area contributed by atoms with Gasteiger partial charge in [0.25, 0.3) is 0 Å². The van der Waals surface area contributed by atoms with Crippen LogP contribution in [0.5, 0.6) is 0 Å². The first kappa shape index (κ1) is 40.0. The number of rotatable bonds is 5. The molecule has 13 rings (SSSR count). The van der Waals surface area contributed by atoms with Gasteiger partial charge < -0.3 is 8.98 Å². The lowest BCUT2D eigenvalue weighted by molar-refractivity contribution is 0.669. The fourth-order valence-electron chi connectivity index (χ4n) is 9.72. The van der Waals surface area contributed by atoms with Gasteiger partial charge in [0.05, 0.1) is 11.0 Å². The third-order valence-corrected chi connectivity index (χ3v) is 13.0. The van der Waals surface area contributed by atoms with E-state index in [1.54, 1.807) is 0 Å². The molecule has 1 aliphatic rings. The molecule has 0 amide bonds. The smallest absolute Gasteiger partial charge is 0.135 e. The molecule has 2 heterocycles. The Labute approximate surface area is 386 Å². The Kier molecular flexibility index (Phi) is 10.3. The van der Waals surface area contributed by atoms with E-state index in [0.29, 0.717) is 0 Å². The van der Waals surface area contributed by atoms with Crippen LogP contribution >= 0.6 is 13.5 Å². The first-order valence-electron chi connectivity index (χ1n) is 22.1. The highest BCUT2D eigenvalue weighted by Gasteiger charge is 2.19. The number of aryl methyl sites for hydroxylation is 1. The number of para-hydroxylation sites is 1. The second-order valence-corrected chi connectivity index (χ2v) is 17.0. The van der Waals surface area contributed by atoms with E-state index in [9.17, 15) is 0 Å². The van der Waals surface area contributed by atoms with Crippen LogP contribution < -0.4 is 0 Å². The van der Waals surface area contributed by atoms with Gasteiger partial charge in [0.15, 0.2) is 0 Å². The molecule has 1 aliphatic carbocycles. The van der Waals surface area contributed by atoms with Gasteiger partial charge in [0, 0.05) is 27.2 Å². The standard InChI is InChI=1S/C55H35NO.C7H8.H2S/c1-3-10-35(11-4-1)38-21-25-52-49(31-38)47-24-20-42(34-53(47)56(52)45-15-5-2-6-16-45)41-23-27-55-51(33-41)50-32-40(22-26-54(50)57-55)37-14-9-13-36(28-37)39-18-19-44-29-43-12-7-8-17-46(43)48(44)30-39;1-7-5-3-2-4-6-7;/h1-28,30-34H,29H2;2-6H,1H3;1H2. The van der Waals surface area contributed by atoms with Crippen LogP contribution in [0.4, 0.5) is 0 Å². The maximum atomic E-state index is 6.43. The van der Waals surface area contributed by atoms with Crippen LogP contribution in [-0.4, -0.2) is 4.57 Å². The molecular weight excluding hydrogens is 807 g/mol. The number of hydrogen-bond donors (Lipinski definition) is 0. The Balaban J connectivity index is 0.000000539. The Bertz CT molecular complexity index is 3700. The fourth-order valence-corrected chi connectivity index (χ4v) is 9.72. The van der Waals surface area contributed by atoms with Crippen LogP contribution in [0.15, 0.2) is 235 Å². The van der Waals surface area contributed by atoms with Gasteiger partial charge in [-0.05, 0) is 147 Å². The minimum absolute atomic E-state index is 0. The summed E-state index contributed by atoms with van der Waals surface area (Å²) in [4.78, 5) is 0. The Morgan fingerprint density at radius 3 is 1.54 bits per heavy atom.